The molecule has 0 aliphatic carbocycles. The maximum atomic E-state index is 12.4. The summed E-state index contributed by atoms with van der Waals surface area (Å²) >= 11 is 0. The van der Waals surface area contributed by atoms with Crippen LogP contribution in [0.25, 0.3) is 10.8 Å². The van der Waals surface area contributed by atoms with Crippen LogP contribution in [-0.4, -0.2) is 46.6 Å². The molecule has 8 nitrogen and oxygen atoms in total. The third-order valence-corrected chi connectivity index (χ3v) is 5.15. The average Bonchev–Trinajstić information content (AvgIpc) is 3.12. The largest absolute Gasteiger partial charge is 0.340 e. The third-order valence-electron chi connectivity index (χ3n) is 5.15. The van der Waals surface area contributed by atoms with E-state index in [2.05, 4.69) is 20.6 Å². The SMILES string of the molecule is CN1CCn2nc(NC(=O)C(=O)NC(CN)c3ccc4ccccc4c3)cc2C1. The Balaban J connectivity index is 1.43. The number of fused-ring (bicyclic) bond motifs is 2. The lowest BCUT2D eigenvalue weighted by Gasteiger charge is -2.22. The van der Waals surface area contributed by atoms with Gasteiger partial charge in [0.15, 0.2) is 5.82 Å². The first kappa shape index (κ1) is 19.1. The highest BCUT2D eigenvalue weighted by atomic mass is 16.2. The van der Waals surface area contributed by atoms with Gasteiger partial charge in [-0.25, -0.2) is 0 Å². The van der Waals surface area contributed by atoms with Gasteiger partial charge < -0.3 is 16.4 Å². The number of nitrogens with one attached hydrogen (secondary N) is 2. The lowest BCUT2D eigenvalue weighted by molar-refractivity contribution is -0.136. The van der Waals surface area contributed by atoms with Gasteiger partial charge in [0.05, 0.1) is 18.3 Å². The second-order valence-electron chi connectivity index (χ2n) is 7.30. The molecule has 2 aromatic carbocycles. The molecule has 2 heterocycles. The van der Waals surface area contributed by atoms with Crippen molar-refractivity contribution < 1.29 is 9.59 Å². The van der Waals surface area contributed by atoms with Crippen molar-refractivity contribution in [2.45, 2.75) is 19.1 Å². The van der Waals surface area contributed by atoms with E-state index in [0.717, 1.165) is 41.7 Å². The second kappa shape index (κ2) is 8.02. The van der Waals surface area contributed by atoms with E-state index >= 15 is 0 Å². The van der Waals surface area contributed by atoms with Gasteiger partial charge in [-0.2, -0.15) is 5.10 Å². The molecular weight excluding hydrogens is 368 g/mol. The molecule has 2 amide bonds. The topological polar surface area (TPSA) is 105 Å². The first-order valence-corrected chi connectivity index (χ1v) is 9.59. The zero-order valence-corrected chi connectivity index (χ0v) is 16.3. The van der Waals surface area contributed by atoms with Gasteiger partial charge in [0.1, 0.15) is 0 Å². The number of rotatable bonds is 4. The van der Waals surface area contributed by atoms with E-state index in [-0.39, 0.29) is 6.54 Å². The fourth-order valence-corrected chi connectivity index (χ4v) is 3.56. The number of aromatic nitrogens is 2. The Morgan fingerprint density at radius 3 is 2.69 bits per heavy atom. The highest BCUT2D eigenvalue weighted by Gasteiger charge is 2.22. The van der Waals surface area contributed by atoms with Crippen molar-refractivity contribution in [2.24, 2.45) is 5.73 Å². The van der Waals surface area contributed by atoms with Crippen LogP contribution in [0, 0.1) is 0 Å². The number of amides is 2. The van der Waals surface area contributed by atoms with Gasteiger partial charge in [0.25, 0.3) is 0 Å². The van der Waals surface area contributed by atoms with Gasteiger partial charge in [-0.05, 0) is 29.4 Å². The molecule has 3 aromatic rings. The number of carbonyl (C=O) groups excluding carboxylic acids is 2. The standard InChI is InChI=1S/C21H24N6O2/c1-26-8-9-27-17(13-26)11-19(25-27)24-21(29)20(28)23-18(12-22)16-7-6-14-4-2-3-5-15(14)10-16/h2-7,10-11,18H,8-9,12-13,22H2,1H3,(H,23,28)(H,24,25,29). The van der Waals surface area contributed by atoms with Gasteiger partial charge in [-0.1, -0.05) is 36.4 Å². The molecule has 1 aliphatic heterocycles. The number of nitrogens with zero attached hydrogens (tertiary/aromatic N) is 3. The van der Waals surface area contributed by atoms with Gasteiger partial charge in [0, 0.05) is 25.7 Å². The van der Waals surface area contributed by atoms with Crippen LogP contribution in [0.1, 0.15) is 17.3 Å². The Morgan fingerprint density at radius 2 is 1.90 bits per heavy atom. The summed E-state index contributed by atoms with van der Waals surface area (Å²) in [4.78, 5) is 27.0. The Morgan fingerprint density at radius 1 is 1.10 bits per heavy atom. The number of hydrogen-bond acceptors (Lipinski definition) is 5. The first-order chi connectivity index (χ1) is 14.0. The third kappa shape index (κ3) is 4.13. The van der Waals surface area contributed by atoms with Gasteiger partial charge in [-0.3, -0.25) is 19.2 Å². The molecule has 0 bridgehead atoms. The summed E-state index contributed by atoms with van der Waals surface area (Å²) < 4.78 is 1.85. The fraction of sp³-hybridized carbons (Fsp3) is 0.286. The summed E-state index contributed by atoms with van der Waals surface area (Å²) in [5, 5.41) is 11.8. The minimum Gasteiger partial charge on any atom is -0.340 e. The van der Waals surface area contributed by atoms with Gasteiger partial charge >= 0.3 is 11.8 Å². The van der Waals surface area contributed by atoms with Crippen molar-refractivity contribution in [3.63, 3.8) is 0 Å². The molecule has 1 aromatic heterocycles. The van der Waals surface area contributed by atoms with Gasteiger partial charge in [-0.15, -0.1) is 0 Å². The zero-order chi connectivity index (χ0) is 20.4. The summed E-state index contributed by atoms with van der Waals surface area (Å²) in [6.45, 7) is 2.59. The highest BCUT2D eigenvalue weighted by molar-refractivity contribution is 6.39. The lowest BCUT2D eigenvalue weighted by atomic mass is 10.0. The Labute approximate surface area is 168 Å². The summed E-state index contributed by atoms with van der Waals surface area (Å²) in [6.07, 6.45) is 0. The number of benzene rings is 2. The maximum Gasteiger partial charge on any atom is 0.314 e. The van der Waals surface area contributed by atoms with Crippen molar-refractivity contribution in [1.29, 1.82) is 0 Å². The minimum absolute atomic E-state index is 0.183. The molecule has 4 N–H and O–H groups in total. The Bertz CT molecular complexity index is 1060. The predicted molar refractivity (Wildman–Crippen MR) is 111 cm³/mol. The quantitative estimate of drug-likeness (QED) is 0.580. The predicted octanol–water partition coefficient (Wildman–Crippen LogP) is 1.24. The van der Waals surface area contributed by atoms with E-state index in [1.165, 1.54) is 0 Å². The normalized spacial score (nSPS) is 15.0. The van der Waals surface area contributed by atoms with Crippen LogP contribution in [0.3, 0.4) is 0 Å². The van der Waals surface area contributed by atoms with Crippen LogP contribution < -0.4 is 16.4 Å². The van der Waals surface area contributed by atoms with Crippen LogP contribution in [0.15, 0.2) is 48.5 Å². The van der Waals surface area contributed by atoms with Gasteiger partial charge in [0.2, 0.25) is 0 Å². The number of hydrogen-bond donors (Lipinski definition) is 3. The molecule has 150 valence electrons. The number of anilines is 1. The van der Waals surface area contributed by atoms with Crippen molar-refractivity contribution in [3.05, 3.63) is 59.8 Å². The van der Waals surface area contributed by atoms with E-state index in [0.29, 0.717) is 5.82 Å². The molecule has 0 saturated carbocycles. The van der Waals surface area contributed by atoms with E-state index in [1.54, 1.807) is 6.07 Å². The number of likely N-dealkylation sites (N-methyl/N-ethyl adjacent to an activating group) is 1. The van der Waals surface area contributed by atoms with Crippen LogP contribution in [-0.2, 0) is 22.7 Å². The molecule has 8 heteroatoms. The lowest BCUT2D eigenvalue weighted by Crippen LogP contribution is -2.40. The van der Waals surface area contributed by atoms with E-state index in [4.69, 9.17) is 5.73 Å². The smallest absolute Gasteiger partial charge is 0.314 e. The number of nitrogens with two attached hydrogens (primary N) is 1. The molecule has 1 unspecified atom stereocenters. The highest BCUT2D eigenvalue weighted by Crippen LogP contribution is 2.20. The molecule has 0 fully saturated rings. The van der Waals surface area contributed by atoms with Crippen LogP contribution in [0.2, 0.25) is 0 Å². The fourth-order valence-electron chi connectivity index (χ4n) is 3.56. The molecule has 0 radical (unpaired) electrons. The molecule has 4 rings (SSSR count). The molecule has 29 heavy (non-hydrogen) atoms. The summed E-state index contributed by atoms with van der Waals surface area (Å²) in [7, 11) is 2.03. The molecule has 0 saturated heterocycles. The van der Waals surface area contributed by atoms with Crippen LogP contribution >= 0.6 is 0 Å². The zero-order valence-electron chi connectivity index (χ0n) is 16.3. The summed E-state index contributed by atoms with van der Waals surface area (Å²) in [6, 6.07) is 15.2. The Kier molecular flexibility index (Phi) is 5.28. The van der Waals surface area contributed by atoms with Crippen LogP contribution in [0.5, 0.6) is 0 Å². The monoisotopic (exact) mass is 392 g/mol. The van der Waals surface area contributed by atoms with E-state index in [1.807, 2.05) is 54.2 Å². The van der Waals surface area contributed by atoms with E-state index < -0.39 is 17.9 Å². The molecule has 1 aliphatic rings. The van der Waals surface area contributed by atoms with E-state index in [9.17, 15) is 9.59 Å². The summed E-state index contributed by atoms with van der Waals surface area (Å²) in [5.74, 6) is -1.12. The molecule has 0 spiro atoms. The Hall–Kier alpha value is -3.23. The van der Waals surface area contributed by atoms with Crippen molar-refractivity contribution >= 4 is 28.4 Å². The van der Waals surface area contributed by atoms with Crippen LogP contribution in [0.4, 0.5) is 5.82 Å². The van der Waals surface area contributed by atoms with Crippen molar-refractivity contribution in [3.8, 4) is 0 Å². The average molecular weight is 392 g/mol. The first-order valence-electron chi connectivity index (χ1n) is 9.59. The molecule has 1 atom stereocenters. The summed E-state index contributed by atoms with van der Waals surface area (Å²) in [5.41, 5.74) is 7.72. The van der Waals surface area contributed by atoms with Crippen molar-refractivity contribution in [1.82, 2.24) is 20.0 Å². The second-order valence-corrected chi connectivity index (χ2v) is 7.30. The maximum absolute atomic E-state index is 12.4. The van der Waals surface area contributed by atoms with Crippen molar-refractivity contribution in [2.75, 3.05) is 25.5 Å². The minimum atomic E-state index is -0.756. The number of carbonyl (C=O) groups is 2. The molecular formula is C21H24N6O2.